The first-order valence-electron chi connectivity index (χ1n) is 14.7. The van der Waals surface area contributed by atoms with Crippen LogP contribution < -0.4 is 0 Å². The smallest absolute Gasteiger partial charge is 0.379 e. The van der Waals surface area contributed by atoms with E-state index in [1.165, 1.54) is 64.2 Å². The van der Waals surface area contributed by atoms with Gasteiger partial charge in [-0.25, -0.2) is 4.18 Å². The van der Waals surface area contributed by atoms with Gasteiger partial charge in [-0.05, 0) is 6.42 Å². The van der Waals surface area contributed by atoms with E-state index in [9.17, 15) is 8.42 Å². The predicted molar refractivity (Wildman–Crippen MR) is 150 cm³/mol. The summed E-state index contributed by atoms with van der Waals surface area (Å²) >= 11 is 0. The zero-order chi connectivity index (χ0) is 28.5. The van der Waals surface area contributed by atoms with Gasteiger partial charge in [0.05, 0.1) is 92.5 Å². The summed E-state index contributed by atoms with van der Waals surface area (Å²) in [5.74, 6) is 0. The normalized spacial score (nSPS) is 11.9. The molecule has 39 heavy (non-hydrogen) atoms. The van der Waals surface area contributed by atoms with Crippen molar-refractivity contribution in [2.75, 3.05) is 99.1 Å². The van der Waals surface area contributed by atoms with Gasteiger partial charge in [-0.15, -0.1) is 0 Å². The standard InChI is InChI=1S/C27H56O11S/c1-2-3-4-5-6-7-8-9-10-11-12-13-31-14-15-32-16-17-33-18-19-34-20-21-35-22-23-36-24-25-37-26-27-38-39(28,29)30/h2-27H2,1H3,(H,28,29,30). The molecule has 0 amide bonds. The van der Waals surface area contributed by atoms with Crippen molar-refractivity contribution in [3.05, 3.63) is 0 Å². The molecular formula is C27H56O11S. The first-order valence-corrected chi connectivity index (χ1v) is 16.1. The molecule has 0 rings (SSSR count). The van der Waals surface area contributed by atoms with E-state index in [4.69, 9.17) is 37.7 Å². The van der Waals surface area contributed by atoms with Gasteiger partial charge in [0, 0.05) is 6.61 Å². The van der Waals surface area contributed by atoms with Crippen LogP contribution in [0, 0.1) is 0 Å². The van der Waals surface area contributed by atoms with E-state index in [1.54, 1.807) is 0 Å². The minimum Gasteiger partial charge on any atom is -0.379 e. The summed E-state index contributed by atoms with van der Waals surface area (Å²) in [4.78, 5) is 0. The Bertz CT molecular complexity index is 564. The summed E-state index contributed by atoms with van der Waals surface area (Å²) in [5, 5.41) is 0. The second-order valence-corrected chi connectivity index (χ2v) is 10.2. The fourth-order valence-electron chi connectivity index (χ4n) is 3.49. The number of hydrogen-bond acceptors (Lipinski definition) is 10. The van der Waals surface area contributed by atoms with Crippen LogP contribution in [0.1, 0.15) is 77.6 Å². The maximum atomic E-state index is 10.3. The molecule has 0 heterocycles. The first-order chi connectivity index (χ1) is 19.1. The van der Waals surface area contributed by atoms with Gasteiger partial charge in [0.1, 0.15) is 0 Å². The van der Waals surface area contributed by atoms with Gasteiger partial charge in [-0.2, -0.15) is 8.42 Å². The van der Waals surface area contributed by atoms with Crippen LogP contribution in [0.3, 0.4) is 0 Å². The minimum atomic E-state index is -4.41. The van der Waals surface area contributed by atoms with Gasteiger partial charge >= 0.3 is 10.4 Å². The summed E-state index contributed by atoms with van der Waals surface area (Å²) in [6.07, 6.45) is 14.8. The lowest BCUT2D eigenvalue weighted by atomic mass is 10.1. The van der Waals surface area contributed by atoms with Crippen molar-refractivity contribution in [3.63, 3.8) is 0 Å². The van der Waals surface area contributed by atoms with Crippen LogP contribution in [-0.2, 0) is 47.7 Å². The van der Waals surface area contributed by atoms with Crippen molar-refractivity contribution in [2.24, 2.45) is 0 Å². The monoisotopic (exact) mass is 588 g/mol. The molecule has 0 aliphatic carbocycles. The average Bonchev–Trinajstić information content (AvgIpc) is 2.90. The zero-order valence-electron chi connectivity index (χ0n) is 24.3. The highest BCUT2D eigenvalue weighted by Crippen LogP contribution is 2.11. The summed E-state index contributed by atoms with van der Waals surface area (Å²) in [5.41, 5.74) is 0. The van der Waals surface area contributed by atoms with E-state index < -0.39 is 10.4 Å². The second-order valence-electron chi connectivity index (χ2n) is 9.07. The number of hydrogen-bond donors (Lipinski definition) is 1. The quantitative estimate of drug-likeness (QED) is 0.0856. The van der Waals surface area contributed by atoms with Crippen LogP contribution in [0.25, 0.3) is 0 Å². The SMILES string of the molecule is CCCCCCCCCCCCCOCCOCCOCCOCCOCCOCCOCCOS(=O)(=O)O. The van der Waals surface area contributed by atoms with Crippen LogP contribution in [0.2, 0.25) is 0 Å². The summed E-state index contributed by atoms with van der Waals surface area (Å²) in [6.45, 7) is 8.65. The van der Waals surface area contributed by atoms with Crippen molar-refractivity contribution < 1.29 is 50.3 Å². The predicted octanol–water partition coefficient (Wildman–Crippen LogP) is 4.23. The Labute approximate surface area is 237 Å². The van der Waals surface area contributed by atoms with Gasteiger partial charge in [0.2, 0.25) is 0 Å². The van der Waals surface area contributed by atoms with Crippen LogP contribution in [0.4, 0.5) is 0 Å². The lowest BCUT2D eigenvalue weighted by Gasteiger charge is -2.08. The van der Waals surface area contributed by atoms with Crippen molar-refractivity contribution in [1.82, 2.24) is 0 Å². The average molecular weight is 589 g/mol. The highest BCUT2D eigenvalue weighted by molar-refractivity contribution is 7.80. The molecule has 0 unspecified atom stereocenters. The van der Waals surface area contributed by atoms with Crippen molar-refractivity contribution in [3.8, 4) is 0 Å². The highest BCUT2D eigenvalue weighted by atomic mass is 32.3. The largest absolute Gasteiger partial charge is 0.397 e. The van der Waals surface area contributed by atoms with E-state index in [0.717, 1.165) is 13.0 Å². The zero-order valence-corrected chi connectivity index (χ0v) is 25.1. The topological polar surface area (TPSA) is 128 Å². The van der Waals surface area contributed by atoms with Gasteiger partial charge in [0.15, 0.2) is 0 Å². The van der Waals surface area contributed by atoms with Crippen LogP contribution in [-0.4, -0.2) is 112 Å². The fourth-order valence-corrected chi connectivity index (χ4v) is 3.77. The Morgan fingerprint density at radius 2 is 0.641 bits per heavy atom. The Balaban J connectivity index is 3.05. The summed E-state index contributed by atoms with van der Waals surface area (Å²) < 4.78 is 70.9. The molecule has 236 valence electrons. The Kier molecular flexibility index (Phi) is 31.8. The molecule has 0 bridgehead atoms. The molecule has 0 saturated carbocycles. The highest BCUT2D eigenvalue weighted by Gasteiger charge is 2.02. The van der Waals surface area contributed by atoms with Crippen molar-refractivity contribution in [2.45, 2.75) is 77.6 Å². The number of rotatable bonds is 34. The third kappa shape index (κ3) is 37.6. The summed E-state index contributed by atoms with van der Waals surface area (Å²) in [7, 11) is -4.41. The van der Waals surface area contributed by atoms with E-state index in [1.807, 2.05) is 0 Å². The molecule has 0 saturated heterocycles. The van der Waals surface area contributed by atoms with Crippen molar-refractivity contribution >= 4 is 10.4 Å². The molecule has 0 fully saturated rings. The van der Waals surface area contributed by atoms with E-state index in [2.05, 4.69) is 11.1 Å². The molecule has 12 heteroatoms. The molecule has 0 atom stereocenters. The van der Waals surface area contributed by atoms with Gasteiger partial charge in [0.25, 0.3) is 0 Å². The molecular weight excluding hydrogens is 532 g/mol. The molecule has 0 aliphatic heterocycles. The number of unbranched alkanes of at least 4 members (excludes halogenated alkanes) is 10. The van der Waals surface area contributed by atoms with Crippen LogP contribution in [0.15, 0.2) is 0 Å². The molecule has 11 nitrogen and oxygen atoms in total. The lowest BCUT2D eigenvalue weighted by Crippen LogP contribution is -2.15. The fraction of sp³-hybridized carbons (Fsp3) is 1.00. The molecule has 0 aliphatic rings. The molecule has 0 aromatic heterocycles. The minimum absolute atomic E-state index is 0.0439. The molecule has 0 radical (unpaired) electrons. The maximum Gasteiger partial charge on any atom is 0.397 e. The molecule has 0 aromatic carbocycles. The Morgan fingerprint density at radius 3 is 0.949 bits per heavy atom. The van der Waals surface area contributed by atoms with Crippen molar-refractivity contribution in [1.29, 1.82) is 0 Å². The summed E-state index contributed by atoms with van der Waals surface area (Å²) in [6, 6.07) is 0. The maximum absolute atomic E-state index is 10.3. The van der Waals surface area contributed by atoms with E-state index in [-0.39, 0.29) is 19.8 Å². The Hall–Kier alpha value is -0.410. The number of ether oxygens (including phenoxy) is 7. The third-order valence-electron chi connectivity index (χ3n) is 5.58. The van der Waals surface area contributed by atoms with E-state index in [0.29, 0.717) is 72.7 Å². The van der Waals surface area contributed by atoms with Gasteiger partial charge in [-0.1, -0.05) is 71.1 Å². The first kappa shape index (κ1) is 38.6. The Morgan fingerprint density at radius 1 is 0.385 bits per heavy atom. The second kappa shape index (κ2) is 32.1. The van der Waals surface area contributed by atoms with Crippen LogP contribution in [0.5, 0.6) is 0 Å². The lowest BCUT2D eigenvalue weighted by molar-refractivity contribution is -0.0213. The van der Waals surface area contributed by atoms with Gasteiger partial charge < -0.3 is 33.2 Å². The van der Waals surface area contributed by atoms with Gasteiger partial charge in [-0.3, -0.25) is 4.55 Å². The molecule has 1 N–H and O–H groups in total. The van der Waals surface area contributed by atoms with E-state index >= 15 is 0 Å². The van der Waals surface area contributed by atoms with Crippen LogP contribution >= 0.6 is 0 Å². The molecule has 0 spiro atoms. The molecule has 0 aromatic rings. The third-order valence-corrected chi connectivity index (χ3v) is 6.05.